The van der Waals surface area contributed by atoms with Crippen molar-refractivity contribution in [3.05, 3.63) is 29.3 Å². The highest BCUT2D eigenvalue weighted by molar-refractivity contribution is 5.37. The van der Waals surface area contributed by atoms with Gasteiger partial charge in [-0.05, 0) is 24.7 Å². The third-order valence-corrected chi connectivity index (χ3v) is 2.80. The van der Waals surface area contributed by atoms with E-state index in [4.69, 9.17) is 10.5 Å². The van der Waals surface area contributed by atoms with Crippen LogP contribution in [0.4, 0.5) is 13.2 Å². The van der Waals surface area contributed by atoms with Crippen molar-refractivity contribution in [1.29, 1.82) is 0 Å². The molecule has 0 aliphatic heterocycles. The minimum atomic E-state index is -4.13. The summed E-state index contributed by atoms with van der Waals surface area (Å²) in [4.78, 5) is 1.62. The highest BCUT2D eigenvalue weighted by Gasteiger charge is 2.27. The van der Waals surface area contributed by atoms with Gasteiger partial charge in [-0.3, -0.25) is 0 Å². The zero-order valence-corrected chi connectivity index (χ0v) is 11.1. The lowest BCUT2D eigenvalue weighted by Crippen LogP contribution is -2.24. The van der Waals surface area contributed by atoms with Crippen molar-refractivity contribution in [3.8, 4) is 5.75 Å². The molecule has 0 bridgehead atoms. The molecule has 1 aromatic carbocycles. The summed E-state index contributed by atoms with van der Waals surface area (Å²) >= 11 is 0. The second-order valence-corrected chi connectivity index (χ2v) is 4.45. The molecule has 1 rings (SSSR count). The molecule has 0 spiro atoms. The van der Waals surface area contributed by atoms with E-state index >= 15 is 0 Å². The molecule has 0 aliphatic rings. The summed E-state index contributed by atoms with van der Waals surface area (Å²) in [6.07, 6.45) is -4.94. The first-order chi connectivity index (χ1) is 8.85. The fraction of sp³-hybridized carbons (Fsp3) is 0.538. The van der Waals surface area contributed by atoms with Crippen LogP contribution in [-0.2, 0) is 13.1 Å². The van der Waals surface area contributed by atoms with Gasteiger partial charge in [-0.25, -0.2) is 0 Å². The third-order valence-electron chi connectivity index (χ3n) is 2.80. The van der Waals surface area contributed by atoms with Crippen molar-refractivity contribution in [2.45, 2.75) is 25.7 Å². The van der Waals surface area contributed by atoms with E-state index in [0.717, 1.165) is 11.1 Å². The number of halogens is 3. The summed E-state index contributed by atoms with van der Waals surface area (Å²) in [5.41, 5.74) is 7.33. The van der Waals surface area contributed by atoms with Gasteiger partial charge in [0.2, 0.25) is 0 Å². The van der Waals surface area contributed by atoms with E-state index in [-0.39, 0.29) is 6.54 Å². The molecule has 0 unspecified atom stereocenters. The second kappa shape index (κ2) is 6.77. The van der Waals surface area contributed by atoms with E-state index < -0.39 is 12.6 Å². The molecule has 19 heavy (non-hydrogen) atoms. The molecule has 0 aliphatic carbocycles. The van der Waals surface area contributed by atoms with Crippen molar-refractivity contribution in [3.63, 3.8) is 0 Å². The maximum absolute atomic E-state index is 12.2. The van der Waals surface area contributed by atoms with E-state index in [1.807, 2.05) is 12.1 Å². The lowest BCUT2D eigenvalue weighted by Gasteiger charge is -2.19. The van der Waals surface area contributed by atoms with Gasteiger partial charge in [0.15, 0.2) is 0 Å². The number of benzene rings is 1. The van der Waals surface area contributed by atoms with Crippen LogP contribution in [0.25, 0.3) is 0 Å². The topological polar surface area (TPSA) is 38.5 Å². The molecule has 108 valence electrons. The number of ether oxygens (including phenoxy) is 1. The third kappa shape index (κ3) is 5.48. The van der Waals surface area contributed by atoms with Crippen LogP contribution in [0.1, 0.15) is 17.5 Å². The monoisotopic (exact) mass is 276 g/mol. The molecule has 6 heteroatoms. The Hall–Kier alpha value is -1.27. The molecule has 0 fully saturated rings. The SMILES string of the molecule is COc1ccc(CN)cc1CN(C)CCC(F)(F)F. The van der Waals surface area contributed by atoms with E-state index in [1.54, 1.807) is 18.0 Å². The first-order valence-corrected chi connectivity index (χ1v) is 5.97. The average molecular weight is 276 g/mol. The smallest absolute Gasteiger partial charge is 0.390 e. The van der Waals surface area contributed by atoms with Crippen LogP contribution >= 0.6 is 0 Å². The van der Waals surface area contributed by atoms with E-state index in [9.17, 15) is 13.2 Å². The van der Waals surface area contributed by atoms with Crippen LogP contribution in [0.5, 0.6) is 5.75 Å². The molecule has 0 amide bonds. The van der Waals surface area contributed by atoms with Crippen LogP contribution in [-0.4, -0.2) is 31.8 Å². The quantitative estimate of drug-likeness (QED) is 0.867. The van der Waals surface area contributed by atoms with Gasteiger partial charge in [0.25, 0.3) is 0 Å². The van der Waals surface area contributed by atoms with Gasteiger partial charge in [0.1, 0.15) is 5.75 Å². The van der Waals surface area contributed by atoms with E-state index in [1.165, 1.54) is 7.11 Å². The maximum Gasteiger partial charge on any atom is 0.390 e. The van der Waals surface area contributed by atoms with Gasteiger partial charge in [0, 0.05) is 25.2 Å². The Bertz CT molecular complexity index is 407. The highest BCUT2D eigenvalue weighted by atomic mass is 19.4. The van der Waals surface area contributed by atoms with Crippen LogP contribution in [0.2, 0.25) is 0 Å². The first-order valence-electron chi connectivity index (χ1n) is 5.97. The number of nitrogens with two attached hydrogens (primary N) is 1. The summed E-state index contributed by atoms with van der Waals surface area (Å²) in [6.45, 7) is 0.746. The molecule has 0 atom stereocenters. The Kier molecular flexibility index (Phi) is 5.62. The van der Waals surface area contributed by atoms with E-state index in [0.29, 0.717) is 18.8 Å². The van der Waals surface area contributed by atoms with Gasteiger partial charge in [-0.15, -0.1) is 0 Å². The first kappa shape index (κ1) is 15.8. The minimum absolute atomic E-state index is 0.0422. The van der Waals surface area contributed by atoms with Gasteiger partial charge in [0.05, 0.1) is 13.5 Å². The number of methoxy groups -OCH3 is 1. The van der Waals surface area contributed by atoms with Crippen molar-refractivity contribution in [2.75, 3.05) is 20.7 Å². The Balaban J connectivity index is 2.69. The summed E-state index contributed by atoms with van der Waals surface area (Å²) in [6, 6.07) is 5.50. The fourth-order valence-corrected chi connectivity index (χ4v) is 1.77. The molecule has 0 heterocycles. The Morgan fingerprint density at radius 1 is 1.32 bits per heavy atom. The largest absolute Gasteiger partial charge is 0.496 e. The van der Waals surface area contributed by atoms with Crippen LogP contribution in [0, 0.1) is 0 Å². The molecular weight excluding hydrogens is 257 g/mol. The lowest BCUT2D eigenvalue weighted by atomic mass is 10.1. The predicted molar refractivity (Wildman–Crippen MR) is 67.9 cm³/mol. The van der Waals surface area contributed by atoms with Crippen LogP contribution < -0.4 is 10.5 Å². The molecule has 1 aromatic rings. The average Bonchev–Trinajstić information content (AvgIpc) is 2.35. The normalized spacial score (nSPS) is 11.9. The standard InChI is InChI=1S/C13H19F3N2O/c1-18(6-5-13(14,15)16)9-11-7-10(8-17)3-4-12(11)19-2/h3-4,7H,5-6,8-9,17H2,1-2H3. The summed E-state index contributed by atoms with van der Waals surface area (Å²) < 4.78 is 41.7. The molecule has 2 N–H and O–H groups in total. The molecule has 0 radical (unpaired) electrons. The predicted octanol–water partition coefficient (Wildman–Crippen LogP) is 2.54. The number of nitrogens with zero attached hydrogens (tertiary/aromatic N) is 1. The van der Waals surface area contributed by atoms with Crippen LogP contribution in [0.15, 0.2) is 18.2 Å². The molecule has 0 saturated carbocycles. The molecule has 0 saturated heterocycles. The van der Waals surface area contributed by atoms with Gasteiger partial charge in [-0.2, -0.15) is 13.2 Å². The van der Waals surface area contributed by atoms with Crippen molar-refractivity contribution in [1.82, 2.24) is 4.90 Å². The number of hydrogen-bond donors (Lipinski definition) is 1. The number of hydrogen-bond acceptors (Lipinski definition) is 3. The van der Waals surface area contributed by atoms with E-state index in [2.05, 4.69) is 0 Å². The maximum atomic E-state index is 12.2. The fourth-order valence-electron chi connectivity index (χ4n) is 1.77. The molecule has 3 nitrogen and oxygen atoms in total. The Labute approximate surface area is 111 Å². The summed E-state index contributed by atoms with van der Waals surface area (Å²) in [7, 11) is 3.19. The lowest BCUT2D eigenvalue weighted by molar-refractivity contribution is -0.137. The van der Waals surface area contributed by atoms with Gasteiger partial charge < -0.3 is 15.4 Å². The summed E-state index contributed by atoms with van der Waals surface area (Å²) in [5, 5.41) is 0. The number of alkyl halides is 3. The molecular formula is C13H19F3N2O. The Morgan fingerprint density at radius 2 is 2.00 bits per heavy atom. The zero-order valence-electron chi connectivity index (χ0n) is 11.1. The zero-order chi connectivity index (χ0) is 14.5. The summed E-state index contributed by atoms with van der Waals surface area (Å²) in [5.74, 6) is 0.663. The van der Waals surface area contributed by atoms with Crippen molar-refractivity contribution < 1.29 is 17.9 Å². The Morgan fingerprint density at radius 3 is 2.53 bits per heavy atom. The minimum Gasteiger partial charge on any atom is -0.496 e. The van der Waals surface area contributed by atoms with Crippen molar-refractivity contribution >= 4 is 0 Å². The van der Waals surface area contributed by atoms with Crippen LogP contribution in [0.3, 0.4) is 0 Å². The van der Waals surface area contributed by atoms with Gasteiger partial charge >= 0.3 is 6.18 Å². The second-order valence-electron chi connectivity index (χ2n) is 4.45. The number of rotatable bonds is 6. The van der Waals surface area contributed by atoms with Gasteiger partial charge in [-0.1, -0.05) is 6.07 Å². The molecule has 0 aromatic heterocycles. The van der Waals surface area contributed by atoms with Crippen molar-refractivity contribution in [2.24, 2.45) is 5.73 Å². The highest BCUT2D eigenvalue weighted by Crippen LogP contribution is 2.23.